The molecule has 1 aliphatic heterocycles. The van der Waals surface area contributed by atoms with Gasteiger partial charge in [-0.1, -0.05) is 62.4 Å². The number of hydrogen-bond acceptors (Lipinski definition) is 4. The Morgan fingerprint density at radius 3 is 2.67 bits per heavy atom. The number of para-hydroxylation sites is 2. The number of nitrogens with zero attached hydrogens (tertiary/aromatic N) is 4. The van der Waals surface area contributed by atoms with E-state index in [0.717, 1.165) is 43.2 Å². The first-order valence-electron chi connectivity index (χ1n) is 12.6. The summed E-state index contributed by atoms with van der Waals surface area (Å²) in [5, 5.41) is 8.03. The largest absolute Gasteiger partial charge is 0.494 e. The number of amides is 2. The third-order valence-corrected chi connectivity index (χ3v) is 6.39. The van der Waals surface area contributed by atoms with Gasteiger partial charge in [0.2, 0.25) is 0 Å². The van der Waals surface area contributed by atoms with Crippen LogP contribution in [0.3, 0.4) is 0 Å². The number of aromatic nitrogens is 2. The second-order valence-corrected chi connectivity index (χ2v) is 9.65. The maximum Gasteiger partial charge on any atom is 0.318 e. The zero-order chi connectivity index (χ0) is 25.5. The van der Waals surface area contributed by atoms with E-state index >= 15 is 0 Å². The molecule has 0 fully saturated rings. The van der Waals surface area contributed by atoms with Gasteiger partial charge in [-0.15, -0.1) is 6.58 Å². The minimum atomic E-state index is -0.0962. The topological polar surface area (TPSA) is 62.6 Å². The van der Waals surface area contributed by atoms with Crippen LogP contribution in [0.1, 0.15) is 36.4 Å². The molecule has 3 aromatic rings. The lowest BCUT2D eigenvalue weighted by molar-refractivity contribution is 0.187. The summed E-state index contributed by atoms with van der Waals surface area (Å²) in [4.78, 5) is 17.3. The third-order valence-electron chi connectivity index (χ3n) is 6.39. The number of fused-ring (bicyclic) bond motifs is 1. The van der Waals surface area contributed by atoms with E-state index in [1.54, 1.807) is 13.2 Å². The Hall–Kier alpha value is -3.58. The van der Waals surface area contributed by atoms with Gasteiger partial charge in [-0.3, -0.25) is 4.90 Å². The van der Waals surface area contributed by atoms with Gasteiger partial charge in [0.25, 0.3) is 0 Å². The molecule has 7 nitrogen and oxygen atoms in total. The average Bonchev–Trinajstić information content (AvgIpc) is 3.24. The van der Waals surface area contributed by atoms with E-state index in [2.05, 4.69) is 54.9 Å². The van der Waals surface area contributed by atoms with Crippen LogP contribution in [0.2, 0.25) is 0 Å². The predicted octanol–water partition coefficient (Wildman–Crippen LogP) is 4.79. The van der Waals surface area contributed by atoms with Crippen LogP contribution in [0.15, 0.2) is 67.3 Å². The van der Waals surface area contributed by atoms with E-state index in [1.165, 1.54) is 16.8 Å². The number of carbonyl (C=O) groups is 1. The Morgan fingerprint density at radius 2 is 1.94 bits per heavy atom. The zero-order valence-electron chi connectivity index (χ0n) is 21.6. The number of urea groups is 1. The molecule has 1 N–H and O–H groups in total. The molecule has 2 heterocycles. The molecule has 0 unspecified atom stereocenters. The minimum absolute atomic E-state index is 0.0962. The highest BCUT2D eigenvalue weighted by Gasteiger charge is 2.28. The van der Waals surface area contributed by atoms with Crippen molar-refractivity contribution in [2.75, 3.05) is 26.7 Å². The van der Waals surface area contributed by atoms with Gasteiger partial charge in [0.05, 0.1) is 25.0 Å². The molecule has 0 atom stereocenters. The zero-order valence-corrected chi connectivity index (χ0v) is 21.6. The molecule has 2 amide bonds. The average molecular weight is 488 g/mol. The van der Waals surface area contributed by atoms with E-state index < -0.39 is 0 Å². The lowest BCUT2D eigenvalue weighted by atomic mass is 10.0. The van der Waals surface area contributed by atoms with Gasteiger partial charge in [0.1, 0.15) is 11.4 Å². The van der Waals surface area contributed by atoms with E-state index in [4.69, 9.17) is 9.84 Å². The number of ether oxygens (including phenoxy) is 1. The van der Waals surface area contributed by atoms with Crippen molar-refractivity contribution in [3.05, 3.63) is 89.8 Å². The first-order valence-corrected chi connectivity index (χ1v) is 12.6. The first kappa shape index (κ1) is 25.5. The Labute approximate surface area is 214 Å². The highest BCUT2D eigenvalue weighted by atomic mass is 16.5. The van der Waals surface area contributed by atoms with Crippen LogP contribution in [-0.4, -0.2) is 52.4 Å². The predicted molar refractivity (Wildman–Crippen MR) is 143 cm³/mol. The van der Waals surface area contributed by atoms with Gasteiger partial charge in [-0.05, 0) is 23.6 Å². The smallest absolute Gasteiger partial charge is 0.318 e. The van der Waals surface area contributed by atoms with Gasteiger partial charge in [0.15, 0.2) is 0 Å². The fourth-order valence-corrected chi connectivity index (χ4v) is 4.76. The molecule has 4 rings (SSSR count). The molecule has 0 aliphatic carbocycles. The SMILES string of the molecule is C=CCNC(=O)N(Cc1nn(-c2ccccc2OC)c2c1CN(Cc1ccccc1)CC2)CC(C)C. The number of hydrogen-bond donors (Lipinski definition) is 1. The Kier molecular flexibility index (Phi) is 8.44. The van der Waals surface area contributed by atoms with Gasteiger partial charge >= 0.3 is 6.03 Å². The van der Waals surface area contributed by atoms with E-state index in [-0.39, 0.29) is 6.03 Å². The van der Waals surface area contributed by atoms with Crippen molar-refractivity contribution in [2.45, 2.75) is 39.9 Å². The summed E-state index contributed by atoms with van der Waals surface area (Å²) in [6.07, 6.45) is 2.57. The van der Waals surface area contributed by atoms with Crippen LogP contribution < -0.4 is 10.1 Å². The highest BCUT2D eigenvalue weighted by Crippen LogP contribution is 2.30. The summed E-state index contributed by atoms with van der Waals surface area (Å²) in [6.45, 7) is 12.1. The van der Waals surface area contributed by atoms with Crippen molar-refractivity contribution in [3.63, 3.8) is 0 Å². The monoisotopic (exact) mass is 487 g/mol. The van der Waals surface area contributed by atoms with E-state index in [0.29, 0.717) is 25.6 Å². The molecule has 0 bridgehead atoms. The van der Waals surface area contributed by atoms with E-state index in [9.17, 15) is 4.79 Å². The second kappa shape index (κ2) is 11.9. The molecule has 36 heavy (non-hydrogen) atoms. The summed E-state index contributed by atoms with van der Waals surface area (Å²) >= 11 is 0. The number of rotatable bonds is 10. The number of nitrogens with one attached hydrogen (secondary N) is 1. The van der Waals surface area contributed by atoms with Crippen LogP contribution in [0.4, 0.5) is 4.79 Å². The van der Waals surface area contributed by atoms with Crippen molar-refractivity contribution in [2.24, 2.45) is 5.92 Å². The number of benzene rings is 2. The van der Waals surface area contributed by atoms with Gasteiger partial charge in [0, 0.05) is 44.7 Å². The Balaban J connectivity index is 1.70. The van der Waals surface area contributed by atoms with Crippen LogP contribution in [0.5, 0.6) is 5.75 Å². The molecular formula is C29H37N5O2. The van der Waals surface area contributed by atoms with Crippen molar-refractivity contribution >= 4 is 6.03 Å². The molecule has 1 aliphatic rings. The Bertz CT molecular complexity index is 1170. The van der Waals surface area contributed by atoms with E-state index in [1.807, 2.05) is 39.9 Å². The fraction of sp³-hybridized carbons (Fsp3) is 0.379. The number of methoxy groups -OCH3 is 1. The molecule has 2 aromatic carbocycles. The molecule has 0 saturated carbocycles. The van der Waals surface area contributed by atoms with Crippen LogP contribution in [-0.2, 0) is 26.1 Å². The molecule has 0 spiro atoms. The summed E-state index contributed by atoms with van der Waals surface area (Å²) in [5.41, 5.74) is 5.54. The van der Waals surface area contributed by atoms with Gasteiger partial charge in [-0.2, -0.15) is 5.10 Å². The standard InChI is InChI=1S/C29H37N5O2/c1-5-16-30-29(35)33(18-22(2)3)21-25-24-20-32(19-23-11-7-6-8-12-23)17-15-26(24)34(31-25)27-13-9-10-14-28(27)36-4/h5-14,22H,1,15-21H2,2-4H3,(H,30,35). The summed E-state index contributed by atoms with van der Waals surface area (Å²) in [6, 6.07) is 18.4. The van der Waals surface area contributed by atoms with Crippen molar-refractivity contribution < 1.29 is 9.53 Å². The van der Waals surface area contributed by atoms with Crippen LogP contribution >= 0.6 is 0 Å². The number of carbonyl (C=O) groups excluding carboxylic acids is 1. The lowest BCUT2D eigenvalue weighted by Gasteiger charge is -2.29. The molecule has 190 valence electrons. The van der Waals surface area contributed by atoms with Crippen LogP contribution in [0.25, 0.3) is 5.69 Å². The third kappa shape index (κ3) is 5.97. The van der Waals surface area contributed by atoms with Gasteiger partial charge < -0.3 is 15.0 Å². The first-order chi connectivity index (χ1) is 17.5. The molecule has 7 heteroatoms. The quantitative estimate of drug-likeness (QED) is 0.418. The maximum atomic E-state index is 13.0. The molecule has 0 saturated heterocycles. The molecule has 1 aromatic heterocycles. The molecule has 0 radical (unpaired) electrons. The summed E-state index contributed by atoms with van der Waals surface area (Å²) in [7, 11) is 1.69. The minimum Gasteiger partial charge on any atom is -0.494 e. The second-order valence-electron chi connectivity index (χ2n) is 9.65. The summed E-state index contributed by atoms with van der Waals surface area (Å²) in [5.74, 6) is 1.12. The van der Waals surface area contributed by atoms with Crippen molar-refractivity contribution in [3.8, 4) is 11.4 Å². The van der Waals surface area contributed by atoms with Crippen molar-refractivity contribution in [1.29, 1.82) is 0 Å². The molecular weight excluding hydrogens is 450 g/mol. The normalized spacial score (nSPS) is 13.3. The van der Waals surface area contributed by atoms with Crippen molar-refractivity contribution in [1.82, 2.24) is 24.9 Å². The highest BCUT2D eigenvalue weighted by molar-refractivity contribution is 5.74. The fourth-order valence-electron chi connectivity index (χ4n) is 4.76. The lowest BCUT2D eigenvalue weighted by Crippen LogP contribution is -2.42. The Morgan fingerprint density at radius 1 is 1.19 bits per heavy atom. The van der Waals surface area contributed by atoms with Crippen LogP contribution in [0, 0.1) is 5.92 Å². The van der Waals surface area contributed by atoms with Gasteiger partial charge in [-0.25, -0.2) is 9.48 Å². The summed E-state index contributed by atoms with van der Waals surface area (Å²) < 4.78 is 7.69. The maximum absolute atomic E-state index is 13.0.